The normalized spacial score (nSPS) is 10.6. The molecule has 0 heterocycles. The van der Waals surface area contributed by atoms with E-state index in [0.717, 1.165) is 7.11 Å². The minimum absolute atomic E-state index is 0.0497. The molecule has 0 aliphatic rings. The quantitative estimate of drug-likeness (QED) is 0.420. The molecule has 0 aliphatic carbocycles. The molecule has 0 aromatic heterocycles. The molecular weight excluding hydrogens is 229 g/mol. The van der Waals surface area contributed by atoms with E-state index in [4.69, 9.17) is 0 Å². The van der Waals surface area contributed by atoms with Crippen LogP contribution in [0.3, 0.4) is 0 Å². The third kappa shape index (κ3) is 4.00. The topological polar surface area (TPSA) is 44.8 Å². The number of halogens is 3. The maximum absolute atomic E-state index is 12.5. The summed E-state index contributed by atoms with van der Waals surface area (Å²) in [5, 5.41) is 0. The number of rotatable bonds is 5. The first kappa shape index (κ1) is 14.6. The van der Waals surface area contributed by atoms with Gasteiger partial charge in [0.25, 0.3) is 5.95 Å². The molecule has 0 aromatic carbocycles. The van der Waals surface area contributed by atoms with Crippen molar-refractivity contribution in [2.24, 2.45) is 0 Å². The highest BCUT2D eigenvalue weighted by molar-refractivity contribution is 5.90. The van der Waals surface area contributed by atoms with Crippen LogP contribution >= 0.6 is 0 Å². The van der Waals surface area contributed by atoms with Gasteiger partial charge in [0.15, 0.2) is 0 Å². The van der Waals surface area contributed by atoms with Gasteiger partial charge in [-0.3, -0.25) is 0 Å². The fourth-order valence-electron chi connectivity index (χ4n) is 0.865. The van der Waals surface area contributed by atoms with Crippen LogP contribution in [0.1, 0.15) is 13.8 Å². The Bertz CT molecular complexity index is 262. The number of carbonyl (C=O) groups excluding carboxylic acids is 1. The maximum Gasteiger partial charge on any atom is 0.430 e. The van der Waals surface area contributed by atoms with E-state index in [0.29, 0.717) is 0 Å². The Balaban J connectivity index is 5.35. The SMILES string of the molecule is CCOC(OCC)=C(C(=O)OC)C(F)(F)F. The van der Waals surface area contributed by atoms with Crippen molar-refractivity contribution in [2.75, 3.05) is 20.3 Å². The molecule has 0 fully saturated rings. The Hall–Kier alpha value is -1.40. The lowest BCUT2D eigenvalue weighted by Crippen LogP contribution is -2.25. The zero-order valence-corrected chi connectivity index (χ0v) is 9.18. The Labute approximate surface area is 91.0 Å². The van der Waals surface area contributed by atoms with Crippen LogP contribution in [-0.4, -0.2) is 32.5 Å². The molecule has 0 radical (unpaired) electrons. The summed E-state index contributed by atoms with van der Waals surface area (Å²) in [6.45, 7) is 2.85. The van der Waals surface area contributed by atoms with Gasteiger partial charge in [-0.1, -0.05) is 0 Å². The van der Waals surface area contributed by atoms with Crippen molar-refractivity contribution in [3.8, 4) is 0 Å². The fourth-order valence-corrected chi connectivity index (χ4v) is 0.865. The van der Waals surface area contributed by atoms with Crippen molar-refractivity contribution >= 4 is 5.97 Å². The summed E-state index contributed by atoms with van der Waals surface area (Å²) in [6, 6.07) is 0. The van der Waals surface area contributed by atoms with Crippen molar-refractivity contribution in [3.05, 3.63) is 11.5 Å². The summed E-state index contributed by atoms with van der Waals surface area (Å²) in [7, 11) is 0.851. The van der Waals surface area contributed by atoms with Crippen LogP contribution in [0.25, 0.3) is 0 Å². The van der Waals surface area contributed by atoms with Gasteiger partial charge < -0.3 is 14.2 Å². The van der Waals surface area contributed by atoms with Crippen LogP contribution in [0, 0.1) is 0 Å². The van der Waals surface area contributed by atoms with Crippen molar-refractivity contribution in [1.29, 1.82) is 0 Å². The molecule has 0 N–H and O–H groups in total. The molecule has 0 amide bonds. The van der Waals surface area contributed by atoms with E-state index >= 15 is 0 Å². The zero-order chi connectivity index (χ0) is 12.8. The number of esters is 1. The summed E-state index contributed by atoms with van der Waals surface area (Å²) in [4.78, 5) is 11.0. The van der Waals surface area contributed by atoms with Gasteiger partial charge in [0.2, 0.25) is 5.57 Å². The predicted octanol–water partition coefficient (Wildman–Crippen LogP) is 2.01. The minimum Gasteiger partial charge on any atom is -0.465 e. The summed E-state index contributed by atoms with van der Waals surface area (Å²) >= 11 is 0. The van der Waals surface area contributed by atoms with E-state index in [2.05, 4.69) is 14.2 Å². The highest BCUT2D eigenvalue weighted by atomic mass is 19.4. The number of alkyl halides is 3. The van der Waals surface area contributed by atoms with Gasteiger partial charge in [-0.05, 0) is 13.8 Å². The summed E-state index contributed by atoms with van der Waals surface area (Å²) in [6.07, 6.45) is -4.88. The first-order valence-electron chi connectivity index (χ1n) is 4.53. The molecule has 0 bridgehead atoms. The summed E-state index contributed by atoms with van der Waals surface area (Å²) in [5.74, 6) is -2.39. The Morgan fingerprint density at radius 2 is 1.56 bits per heavy atom. The number of ether oxygens (including phenoxy) is 3. The lowest BCUT2D eigenvalue weighted by molar-refractivity contribution is -0.151. The van der Waals surface area contributed by atoms with Gasteiger partial charge in [0.05, 0.1) is 20.3 Å². The first-order chi connectivity index (χ1) is 7.38. The van der Waals surface area contributed by atoms with Gasteiger partial charge >= 0.3 is 12.1 Å². The van der Waals surface area contributed by atoms with Crippen LogP contribution in [0.5, 0.6) is 0 Å². The first-order valence-corrected chi connectivity index (χ1v) is 4.53. The average molecular weight is 242 g/mol. The number of methoxy groups -OCH3 is 1. The molecule has 0 spiro atoms. The van der Waals surface area contributed by atoms with Crippen LogP contribution in [0.15, 0.2) is 11.5 Å². The third-order valence-electron chi connectivity index (χ3n) is 1.43. The maximum atomic E-state index is 12.5. The molecule has 0 aromatic rings. The lowest BCUT2D eigenvalue weighted by Gasteiger charge is -2.15. The van der Waals surface area contributed by atoms with Gasteiger partial charge in [0.1, 0.15) is 0 Å². The summed E-state index contributed by atoms with van der Waals surface area (Å²) < 4.78 is 50.9. The molecular formula is C9H13F3O4. The van der Waals surface area contributed by atoms with E-state index < -0.39 is 23.7 Å². The second-order valence-corrected chi connectivity index (χ2v) is 2.52. The molecule has 4 nitrogen and oxygen atoms in total. The van der Waals surface area contributed by atoms with Crippen molar-refractivity contribution in [2.45, 2.75) is 20.0 Å². The molecule has 0 unspecified atom stereocenters. The number of carbonyl (C=O) groups is 1. The Morgan fingerprint density at radius 3 is 1.81 bits per heavy atom. The fraction of sp³-hybridized carbons (Fsp3) is 0.667. The molecule has 94 valence electrons. The van der Waals surface area contributed by atoms with E-state index in [1.54, 1.807) is 0 Å². The standard InChI is InChI=1S/C9H13F3O4/c1-4-15-8(16-5-2)6(7(13)14-3)9(10,11)12/h4-5H2,1-3H3. The Kier molecular flexibility index (Phi) is 5.69. The largest absolute Gasteiger partial charge is 0.465 e. The number of hydrogen-bond donors (Lipinski definition) is 0. The molecule has 0 atom stereocenters. The van der Waals surface area contributed by atoms with E-state index in [1.807, 2.05) is 0 Å². The summed E-state index contributed by atoms with van der Waals surface area (Å²) in [5.41, 5.74) is -1.57. The molecule has 0 aliphatic heterocycles. The second-order valence-electron chi connectivity index (χ2n) is 2.52. The van der Waals surface area contributed by atoms with Crippen molar-refractivity contribution in [3.63, 3.8) is 0 Å². The average Bonchev–Trinajstić information content (AvgIpc) is 2.16. The highest BCUT2D eigenvalue weighted by Gasteiger charge is 2.44. The van der Waals surface area contributed by atoms with Crippen LogP contribution in [0.2, 0.25) is 0 Å². The van der Waals surface area contributed by atoms with Crippen LogP contribution < -0.4 is 0 Å². The van der Waals surface area contributed by atoms with E-state index in [9.17, 15) is 18.0 Å². The predicted molar refractivity (Wildman–Crippen MR) is 48.3 cm³/mol. The van der Waals surface area contributed by atoms with Crippen molar-refractivity contribution < 1.29 is 32.2 Å². The monoisotopic (exact) mass is 242 g/mol. The lowest BCUT2D eigenvalue weighted by atomic mass is 10.3. The molecule has 0 saturated heterocycles. The molecule has 7 heteroatoms. The third-order valence-corrected chi connectivity index (χ3v) is 1.43. The van der Waals surface area contributed by atoms with E-state index in [1.165, 1.54) is 13.8 Å². The second kappa shape index (κ2) is 6.24. The Morgan fingerprint density at radius 1 is 1.12 bits per heavy atom. The number of hydrogen-bond acceptors (Lipinski definition) is 4. The van der Waals surface area contributed by atoms with Gasteiger partial charge in [-0.2, -0.15) is 13.2 Å². The highest BCUT2D eigenvalue weighted by Crippen LogP contribution is 2.30. The van der Waals surface area contributed by atoms with Crippen LogP contribution in [0.4, 0.5) is 13.2 Å². The van der Waals surface area contributed by atoms with Gasteiger partial charge in [0, 0.05) is 0 Å². The van der Waals surface area contributed by atoms with E-state index in [-0.39, 0.29) is 13.2 Å². The smallest absolute Gasteiger partial charge is 0.430 e. The minimum atomic E-state index is -4.88. The van der Waals surface area contributed by atoms with Gasteiger partial charge in [-0.15, -0.1) is 0 Å². The van der Waals surface area contributed by atoms with Crippen LogP contribution in [-0.2, 0) is 19.0 Å². The van der Waals surface area contributed by atoms with Gasteiger partial charge in [-0.25, -0.2) is 4.79 Å². The molecule has 0 saturated carbocycles. The molecule has 0 rings (SSSR count). The zero-order valence-electron chi connectivity index (χ0n) is 9.18. The van der Waals surface area contributed by atoms with Crippen molar-refractivity contribution in [1.82, 2.24) is 0 Å². The molecule has 16 heavy (non-hydrogen) atoms.